The number of hydrogen-bond donors (Lipinski definition) is 1. The number of methoxy groups -OCH3 is 1. The van der Waals surface area contributed by atoms with Gasteiger partial charge in [-0.3, -0.25) is 4.79 Å². The van der Waals surface area contributed by atoms with E-state index in [1.54, 1.807) is 24.3 Å². The third-order valence-corrected chi connectivity index (χ3v) is 5.18. The predicted octanol–water partition coefficient (Wildman–Crippen LogP) is 6.44. The summed E-state index contributed by atoms with van der Waals surface area (Å²) in [5.74, 6) is 0.188. The summed E-state index contributed by atoms with van der Waals surface area (Å²) in [7, 11) is 1.48. The molecule has 5 nitrogen and oxygen atoms in total. The maximum atomic E-state index is 12.6. The number of carbonyl (C=O) groups excluding carboxylic acids is 1. The Hall–Kier alpha value is -3.46. The lowest BCUT2D eigenvalue weighted by atomic mass is 10.1. The number of aryl methyl sites for hydroxylation is 1. The number of hydrogen-bond acceptors (Lipinski definition) is 4. The second-order valence-electron chi connectivity index (χ2n) is 6.91. The number of nitrogens with zero attached hydrogens (tertiary/aromatic N) is 1. The molecule has 0 aromatic heterocycles. The molecule has 0 aliphatic heterocycles. The molecule has 0 aliphatic rings. The number of carbonyl (C=O) groups is 1. The quantitative estimate of drug-likeness (QED) is 0.321. The Morgan fingerprint density at radius 1 is 1.09 bits per heavy atom. The van der Waals surface area contributed by atoms with E-state index in [2.05, 4.69) is 5.32 Å². The molecule has 0 aliphatic carbocycles. The van der Waals surface area contributed by atoms with Gasteiger partial charge >= 0.3 is 0 Å². The Morgan fingerprint density at radius 2 is 1.88 bits per heavy atom. The van der Waals surface area contributed by atoms with E-state index in [1.165, 1.54) is 13.2 Å². The molecule has 0 bridgehead atoms. The van der Waals surface area contributed by atoms with E-state index in [-0.39, 0.29) is 17.2 Å². The highest BCUT2D eigenvalue weighted by Crippen LogP contribution is 2.38. The molecular weight excluding hydrogens is 447 g/mol. The van der Waals surface area contributed by atoms with E-state index in [1.807, 2.05) is 49.4 Å². The Balaban J connectivity index is 1.83. The van der Waals surface area contributed by atoms with Crippen LogP contribution < -0.4 is 14.8 Å². The second-order valence-corrected chi connectivity index (χ2v) is 7.72. The van der Waals surface area contributed by atoms with Gasteiger partial charge in [-0.1, -0.05) is 53.5 Å². The zero-order valence-corrected chi connectivity index (χ0v) is 19.0. The highest BCUT2D eigenvalue weighted by atomic mass is 35.5. The minimum atomic E-state index is -0.521. The third-order valence-electron chi connectivity index (χ3n) is 4.53. The van der Waals surface area contributed by atoms with Crippen molar-refractivity contribution >= 4 is 40.9 Å². The van der Waals surface area contributed by atoms with Crippen molar-refractivity contribution in [3.05, 3.63) is 93.0 Å². The summed E-state index contributed by atoms with van der Waals surface area (Å²) in [6.07, 6.45) is 1.44. The van der Waals surface area contributed by atoms with Crippen molar-refractivity contribution in [3.63, 3.8) is 0 Å². The van der Waals surface area contributed by atoms with Crippen molar-refractivity contribution < 1.29 is 14.3 Å². The smallest absolute Gasteiger partial charge is 0.266 e. The first-order valence-corrected chi connectivity index (χ1v) is 10.4. The fraction of sp³-hybridized carbons (Fsp3) is 0.120. The molecule has 3 rings (SSSR count). The lowest BCUT2D eigenvalue weighted by Crippen LogP contribution is -2.13. The zero-order chi connectivity index (χ0) is 23.1. The van der Waals surface area contributed by atoms with Crippen molar-refractivity contribution in [3.8, 4) is 17.6 Å². The molecule has 0 fully saturated rings. The molecule has 1 amide bonds. The number of nitrogens with one attached hydrogen (secondary N) is 1. The van der Waals surface area contributed by atoms with Crippen LogP contribution in [0.3, 0.4) is 0 Å². The van der Waals surface area contributed by atoms with Gasteiger partial charge in [0.2, 0.25) is 0 Å². The van der Waals surface area contributed by atoms with Gasteiger partial charge in [-0.15, -0.1) is 0 Å². The molecule has 1 N–H and O–H groups in total. The van der Waals surface area contributed by atoms with Gasteiger partial charge in [0.05, 0.1) is 12.1 Å². The van der Waals surface area contributed by atoms with E-state index in [9.17, 15) is 10.1 Å². The van der Waals surface area contributed by atoms with Gasteiger partial charge in [0.1, 0.15) is 18.2 Å². The fourth-order valence-electron chi connectivity index (χ4n) is 2.97. The van der Waals surface area contributed by atoms with Crippen LogP contribution in [0, 0.1) is 18.3 Å². The lowest BCUT2D eigenvalue weighted by Gasteiger charge is -2.14. The van der Waals surface area contributed by atoms with E-state index in [4.69, 9.17) is 32.7 Å². The normalized spacial score (nSPS) is 10.9. The van der Waals surface area contributed by atoms with Crippen LogP contribution in [0.4, 0.5) is 5.69 Å². The van der Waals surface area contributed by atoms with E-state index < -0.39 is 5.91 Å². The summed E-state index contributed by atoms with van der Waals surface area (Å²) in [5, 5.41) is 13.1. The average Bonchev–Trinajstić information content (AvgIpc) is 2.77. The molecule has 0 unspecified atom stereocenters. The van der Waals surface area contributed by atoms with Gasteiger partial charge in [-0.05, 0) is 54.5 Å². The predicted molar refractivity (Wildman–Crippen MR) is 127 cm³/mol. The first kappa shape index (κ1) is 23.2. The number of anilines is 1. The molecule has 0 spiro atoms. The Labute approximate surface area is 196 Å². The van der Waals surface area contributed by atoms with Crippen LogP contribution in [0.5, 0.6) is 11.5 Å². The van der Waals surface area contributed by atoms with Crippen molar-refractivity contribution in [2.45, 2.75) is 13.5 Å². The van der Waals surface area contributed by atoms with Crippen LogP contribution in [-0.2, 0) is 11.4 Å². The molecule has 3 aromatic carbocycles. The van der Waals surface area contributed by atoms with Crippen LogP contribution in [0.1, 0.15) is 16.7 Å². The minimum absolute atomic E-state index is 0.0747. The molecule has 3 aromatic rings. The number of ether oxygens (including phenoxy) is 2. The molecule has 0 saturated carbocycles. The summed E-state index contributed by atoms with van der Waals surface area (Å²) in [6, 6.07) is 19.8. The monoisotopic (exact) mass is 466 g/mol. The summed E-state index contributed by atoms with van der Waals surface area (Å²) >= 11 is 12.6. The van der Waals surface area contributed by atoms with Gasteiger partial charge in [0.25, 0.3) is 5.91 Å². The van der Waals surface area contributed by atoms with Gasteiger partial charge in [0.15, 0.2) is 11.5 Å². The summed E-state index contributed by atoms with van der Waals surface area (Å²) < 4.78 is 11.3. The highest BCUT2D eigenvalue weighted by molar-refractivity contribution is 6.32. The standard InChI is InChI=1S/C25H20Cl2N2O3/c1-16-6-5-8-20(10-16)29-25(30)19(14-28)11-17-12-22(27)24(23(13-17)31-2)32-15-18-7-3-4-9-21(18)26/h3-13H,15H2,1-2H3,(H,29,30)/b19-11-. The maximum Gasteiger partial charge on any atom is 0.266 e. The Bertz CT molecular complexity index is 1220. The van der Waals surface area contributed by atoms with Gasteiger partial charge < -0.3 is 14.8 Å². The van der Waals surface area contributed by atoms with E-state index in [0.717, 1.165) is 11.1 Å². The number of amides is 1. The molecule has 0 radical (unpaired) electrons. The van der Waals surface area contributed by atoms with Crippen LogP contribution >= 0.6 is 23.2 Å². The molecule has 0 heterocycles. The average molecular weight is 467 g/mol. The SMILES string of the molecule is COc1cc(/C=C(/C#N)C(=O)Nc2cccc(C)c2)cc(Cl)c1OCc1ccccc1Cl. The lowest BCUT2D eigenvalue weighted by molar-refractivity contribution is -0.112. The van der Waals surface area contributed by atoms with Crippen LogP contribution in [0.25, 0.3) is 6.08 Å². The third kappa shape index (κ3) is 5.82. The number of halogens is 2. The minimum Gasteiger partial charge on any atom is -0.493 e. The molecule has 32 heavy (non-hydrogen) atoms. The second kappa shape index (κ2) is 10.7. The van der Waals surface area contributed by atoms with Gasteiger partial charge in [0, 0.05) is 16.3 Å². The molecular formula is C25H20Cl2N2O3. The van der Waals surface area contributed by atoms with Gasteiger partial charge in [-0.25, -0.2) is 0 Å². The summed E-state index contributed by atoms with van der Waals surface area (Å²) in [5.41, 5.74) is 2.85. The molecule has 0 saturated heterocycles. The highest BCUT2D eigenvalue weighted by Gasteiger charge is 2.15. The topological polar surface area (TPSA) is 71.3 Å². The van der Waals surface area contributed by atoms with Crippen molar-refractivity contribution in [1.82, 2.24) is 0 Å². The molecule has 0 atom stereocenters. The van der Waals surface area contributed by atoms with Crippen molar-refractivity contribution in [1.29, 1.82) is 5.26 Å². The van der Waals surface area contributed by atoms with Crippen LogP contribution in [-0.4, -0.2) is 13.0 Å². The molecule has 162 valence electrons. The zero-order valence-electron chi connectivity index (χ0n) is 17.5. The Kier molecular flexibility index (Phi) is 7.77. The number of nitriles is 1. The van der Waals surface area contributed by atoms with Crippen LogP contribution in [0.15, 0.2) is 66.2 Å². The van der Waals surface area contributed by atoms with E-state index >= 15 is 0 Å². The Morgan fingerprint density at radius 3 is 2.56 bits per heavy atom. The number of rotatable bonds is 7. The fourth-order valence-corrected chi connectivity index (χ4v) is 3.43. The maximum absolute atomic E-state index is 12.6. The first-order valence-electron chi connectivity index (χ1n) is 9.65. The largest absolute Gasteiger partial charge is 0.493 e. The summed E-state index contributed by atoms with van der Waals surface area (Å²) in [6.45, 7) is 2.12. The number of benzene rings is 3. The first-order chi connectivity index (χ1) is 15.4. The van der Waals surface area contributed by atoms with Gasteiger partial charge in [-0.2, -0.15) is 5.26 Å². The van der Waals surface area contributed by atoms with Crippen molar-refractivity contribution in [2.24, 2.45) is 0 Å². The molecule has 7 heteroatoms. The van der Waals surface area contributed by atoms with E-state index in [0.29, 0.717) is 27.8 Å². The summed E-state index contributed by atoms with van der Waals surface area (Å²) in [4.78, 5) is 12.6. The van der Waals surface area contributed by atoms with Crippen LogP contribution in [0.2, 0.25) is 10.0 Å². The van der Waals surface area contributed by atoms with Crippen molar-refractivity contribution in [2.75, 3.05) is 12.4 Å².